The molecule has 1 unspecified atom stereocenters. The Labute approximate surface area is 120 Å². The first-order valence-electron chi connectivity index (χ1n) is 7.27. The van der Waals surface area contributed by atoms with Crippen molar-refractivity contribution in [3.8, 4) is 0 Å². The van der Waals surface area contributed by atoms with Crippen LogP contribution < -0.4 is 5.32 Å². The molecule has 4 heteroatoms. The fraction of sp³-hybridized carbons (Fsp3) is 0.562. The average molecular weight is 277 g/mol. The number of benzene rings is 1. The topological polar surface area (TPSA) is 47.6 Å². The van der Waals surface area contributed by atoms with Crippen molar-refractivity contribution in [2.45, 2.75) is 38.2 Å². The number of hydrogen-bond donors (Lipinski definition) is 1. The van der Waals surface area contributed by atoms with Crippen molar-refractivity contribution in [3.63, 3.8) is 0 Å². The lowest BCUT2D eigenvalue weighted by molar-refractivity contribution is -0.144. The predicted octanol–water partition coefficient (Wildman–Crippen LogP) is 3.19. The van der Waals surface area contributed by atoms with Crippen molar-refractivity contribution in [2.75, 3.05) is 19.2 Å². The summed E-state index contributed by atoms with van der Waals surface area (Å²) in [5.74, 6) is 0.225. The van der Waals surface area contributed by atoms with Gasteiger partial charge in [-0.25, -0.2) is 0 Å². The van der Waals surface area contributed by atoms with Gasteiger partial charge in [0.15, 0.2) is 0 Å². The van der Waals surface area contributed by atoms with Gasteiger partial charge in [-0.1, -0.05) is 37.5 Å². The number of amides is 1. The molecule has 0 aliphatic heterocycles. The minimum atomic E-state index is -0.421. The van der Waals surface area contributed by atoms with E-state index in [0.29, 0.717) is 5.92 Å². The predicted molar refractivity (Wildman–Crippen MR) is 78.4 cm³/mol. The van der Waals surface area contributed by atoms with Crippen molar-refractivity contribution < 1.29 is 14.3 Å². The molecule has 1 fully saturated rings. The van der Waals surface area contributed by atoms with Crippen LogP contribution in [-0.4, -0.2) is 25.9 Å². The van der Waals surface area contributed by atoms with E-state index in [-0.39, 0.29) is 12.7 Å². The number of para-hydroxylation sites is 1. The van der Waals surface area contributed by atoms with Gasteiger partial charge in [-0.3, -0.25) is 4.79 Å². The molecule has 1 aliphatic carbocycles. The summed E-state index contributed by atoms with van der Waals surface area (Å²) in [5.41, 5.74) is 0.805. The summed E-state index contributed by atoms with van der Waals surface area (Å²) in [6.07, 6.45) is 5.29. The maximum atomic E-state index is 12.4. The van der Waals surface area contributed by atoms with Gasteiger partial charge in [0, 0.05) is 12.8 Å². The quantitative estimate of drug-likeness (QED) is 0.812. The zero-order chi connectivity index (χ0) is 14.2. The third kappa shape index (κ3) is 4.32. The van der Waals surface area contributed by atoms with E-state index in [4.69, 9.17) is 9.47 Å². The van der Waals surface area contributed by atoms with Crippen molar-refractivity contribution >= 4 is 11.6 Å². The molecule has 0 bridgehead atoms. The Morgan fingerprint density at radius 1 is 1.25 bits per heavy atom. The molecule has 1 amide bonds. The smallest absolute Gasteiger partial charge is 0.253 e. The molecule has 4 nitrogen and oxygen atoms in total. The van der Waals surface area contributed by atoms with E-state index >= 15 is 0 Å². The second-order valence-electron chi connectivity index (χ2n) is 5.25. The number of nitrogens with one attached hydrogen (secondary N) is 1. The Hall–Kier alpha value is -1.39. The zero-order valence-corrected chi connectivity index (χ0v) is 12.0. The molecule has 0 radical (unpaired) electrons. The third-order valence-corrected chi connectivity index (χ3v) is 3.74. The molecule has 1 aliphatic rings. The van der Waals surface area contributed by atoms with E-state index in [2.05, 4.69) is 5.32 Å². The average Bonchev–Trinajstić information content (AvgIpc) is 2.50. The molecular weight excluding hydrogens is 254 g/mol. The molecule has 0 saturated heterocycles. The first kappa shape index (κ1) is 15.0. The highest BCUT2D eigenvalue weighted by Gasteiger charge is 2.30. The molecule has 1 aromatic rings. The molecule has 1 N–H and O–H groups in total. The summed E-state index contributed by atoms with van der Waals surface area (Å²) in [6, 6.07) is 9.50. The highest BCUT2D eigenvalue weighted by Crippen LogP contribution is 2.28. The number of carbonyl (C=O) groups is 1. The molecule has 1 atom stereocenters. The van der Waals surface area contributed by atoms with Crippen LogP contribution in [0.15, 0.2) is 30.3 Å². The Morgan fingerprint density at radius 2 is 1.95 bits per heavy atom. The maximum absolute atomic E-state index is 12.4. The lowest BCUT2D eigenvalue weighted by atomic mass is 9.85. The molecule has 0 aromatic heterocycles. The van der Waals surface area contributed by atoms with Gasteiger partial charge in [-0.15, -0.1) is 0 Å². The van der Waals surface area contributed by atoms with Crippen LogP contribution in [0.5, 0.6) is 0 Å². The summed E-state index contributed by atoms with van der Waals surface area (Å²) in [6.45, 7) is 0.156. The molecule has 1 aromatic carbocycles. The molecular formula is C16H23NO3. The Morgan fingerprint density at radius 3 is 2.60 bits per heavy atom. The number of ether oxygens (including phenoxy) is 2. The van der Waals surface area contributed by atoms with Gasteiger partial charge in [-0.05, 0) is 30.9 Å². The van der Waals surface area contributed by atoms with Gasteiger partial charge >= 0.3 is 0 Å². The normalized spacial score (nSPS) is 17.6. The van der Waals surface area contributed by atoms with E-state index in [1.54, 1.807) is 7.11 Å². The lowest BCUT2D eigenvalue weighted by Crippen LogP contribution is -2.38. The molecule has 0 spiro atoms. The minimum absolute atomic E-state index is 0.0693. The molecule has 110 valence electrons. The van der Waals surface area contributed by atoms with Crippen LogP contribution in [-0.2, 0) is 14.3 Å². The second-order valence-corrected chi connectivity index (χ2v) is 5.25. The molecule has 0 heterocycles. The largest absolute Gasteiger partial charge is 0.359 e. The summed E-state index contributed by atoms with van der Waals surface area (Å²) in [5, 5.41) is 2.93. The Bertz CT molecular complexity index is 401. The Kier molecular flexibility index (Phi) is 6.02. The van der Waals surface area contributed by atoms with E-state index in [0.717, 1.165) is 18.5 Å². The number of rotatable bonds is 6. The minimum Gasteiger partial charge on any atom is -0.359 e. The van der Waals surface area contributed by atoms with Crippen molar-refractivity contribution in [3.05, 3.63) is 30.3 Å². The summed E-state index contributed by atoms with van der Waals surface area (Å²) < 4.78 is 10.6. The maximum Gasteiger partial charge on any atom is 0.253 e. The third-order valence-electron chi connectivity index (χ3n) is 3.74. The van der Waals surface area contributed by atoms with Gasteiger partial charge < -0.3 is 14.8 Å². The zero-order valence-electron chi connectivity index (χ0n) is 12.0. The standard InChI is InChI=1S/C16H23NO3/c1-19-12-20-15(13-8-4-2-5-9-13)16(18)17-14-10-6-3-7-11-14/h3,6-7,10-11,13,15H,2,4-5,8-9,12H2,1H3,(H,17,18). The first-order chi connectivity index (χ1) is 9.81. The second kappa shape index (κ2) is 8.02. The Balaban J connectivity index is 1.99. The number of methoxy groups -OCH3 is 1. The van der Waals surface area contributed by atoms with Crippen LogP contribution in [0.3, 0.4) is 0 Å². The fourth-order valence-corrected chi connectivity index (χ4v) is 2.74. The van der Waals surface area contributed by atoms with Gasteiger partial charge in [0.25, 0.3) is 5.91 Å². The van der Waals surface area contributed by atoms with Crippen molar-refractivity contribution in [1.29, 1.82) is 0 Å². The van der Waals surface area contributed by atoms with E-state index in [1.807, 2.05) is 30.3 Å². The monoisotopic (exact) mass is 277 g/mol. The summed E-state index contributed by atoms with van der Waals surface area (Å²) in [4.78, 5) is 12.4. The fourth-order valence-electron chi connectivity index (χ4n) is 2.74. The van der Waals surface area contributed by atoms with Gasteiger partial charge in [0.1, 0.15) is 12.9 Å². The van der Waals surface area contributed by atoms with Crippen molar-refractivity contribution in [1.82, 2.24) is 0 Å². The van der Waals surface area contributed by atoms with E-state index in [1.165, 1.54) is 19.3 Å². The summed E-state index contributed by atoms with van der Waals surface area (Å²) in [7, 11) is 1.58. The van der Waals surface area contributed by atoms with E-state index < -0.39 is 6.10 Å². The highest BCUT2D eigenvalue weighted by molar-refractivity contribution is 5.94. The SMILES string of the molecule is COCOC(C(=O)Nc1ccccc1)C1CCCCC1. The van der Waals surface area contributed by atoms with Crippen molar-refractivity contribution in [2.24, 2.45) is 5.92 Å². The highest BCUT2D eigenvalue weighted by atomic mass is 16.7. The van der Waals surface area contributed by atoms with Gasteiger partial charge in [-0.2, -0.15) is 0 Å². The molecule has 20 heavy (non-hydrogen) atoms. The van der Waals surface area contributed by atoms with Crippen LogP contribution in [0.1, 0.15) is 32.1 Å². The van der Waals surface area contributed by atoms with Crippen LogP contribution in [0.25, 0.3) is 0 Å². The van der Waals surface area contributed by atoms with Gasteiger partial charge in [0.05, 0.1) is 0 Å². The van der Waals surface area contributed by atoms with Crippen LogP contribution in [0.4, 0.5) is 5.69 Å². The molecule has 2 rings (SSSR count). The first-order valence-corrected chi connectivity index (χ1v) is 7.27. The lowest BCUT2D eigenvalue weighted by Gasteiger charge is -2.29. The van der Waals surface area contributed by atoms with Crippen LogP contribution >= 0.6 is 0 Å². The van der Waals surface area contributed by atoms with Crippen LogP contribution in [0, 0.1) is 5.92 Å². The number of carbonyl (C=O) groups excluding carboxylic acids is 1. The van der Waals surface area contributed by atoms with Crippen LogP contribution in [0.2, 0.25) is 0 Å². The van der Waals surface area contributed by atoms with E-state index in [9.17, 15) is 4.79 Å². The molecule has 1 saturated carbocycles. The number of anilines is 1. The summed E-state index contributed by atoms with van der Waals surface area (Å²) >= 11 is 0. The van der Waals surface area contributed by atoms with Gasteiger partial charge in [0.2, 0.25) is 0 Å². The number of hydrogen-bond acceptors (Lipinski definition) is 3.